The van der Waals surface area contributed by atoms with E-state index in [1.54, 1.807) is 37.3 Å². The SMILES string of the molecule is C[C@@H]1CC[C@H]([C@H](O)C(F)(F)F)N1n1c(=O)ccc2ccccc21. The molecular weight excluding hydrogens is 309 g/mol. The van der Waals surface area contributed by atoms with Crippen LogP contribution in [-0.2, 0) is 0 Å². The number of rotatable bonds is 2. The van der Waals surface area contributed by atoms with Gasteiger partial charge in [-0.05, 0) is 31.9 Å². The lowest BCUT2D eigenvalue weighted by Gasteiger charge is -2.35. The molecule has 1 saturated heterocycles. The maximum absolute atomic E-state index is 13.0. The Morgan fingerprint density at radius 2 is 1.87 bits per heavy atom. The molecule has 0 unspecified atom stereocenters. The quantitative estimate of drug-likeness (QED) is 0.922. The summed E-state index contributed by atoms with van der Waals surface area (Å²) >= 11 is 0. The number of fused-ring (bicyclic) bond motifs is 1. The Hall–Kier alpha value is -2.02. The van der Waals surface area contributed by atoms with Crippen molar-refractivity contribution in [2.24, 2.45) is 0 Å². The fourth-order valence-corrected chi connectivity index (χ4v) is 3.28. The minimum Gasteiger partial charge on any atom is -0.382 e. The molecule has 124 valence electrons. The van der Waals surface area contributed by atoms with Crippen LogP contribution in [0.2, 0.25) is 0 Å². The highest BCUT2D eigenvalue weighted by molar-refractivity contribution is 5.79. The Morgan fingerprint density at radius 1 is 1.17 bits per heavy atom. The summed E-state index contributed by atoms with van der Waals surface area (Å²) in [6.07, 6.45) is -6.55. The van der Waals surface area contributed by atoms with Crippen LogP contribution in [-0.4, -0.2) is 34.1 Å². The molecule has 0 radical (unpaired) electrons. The minimum atomic E-state index is -4.72. The summed E-state index contributed by atoms with van der Waals surface area (Å²) in [4.78, 5) is 12.3. The maximum atomic E-state index is 13.0. The number of aliphatic hydroxyl groups is 1. The largest absolute Gasteiger partial charge is 0.416 e. The van der Waals surface area contributed by atoms with Crippen molar-refractivity contribution in [3.8, 4) is 0 Å². The summed E-state index contributed by atoms with van der Waals surface area (Å²) in [6, 6.07) is 8.55. The number of halogens is 3. The zero-order chi connectivity index (χ0) is 16.8. The number of aromatic nitrogens is 1. The summed E-state index contributed by atoms with van der Waals surface area (Å²) in [7, 11) is 0. The lowest BCUT2D eigenvalue weighted by atomic mass is 10.1. The minimum absolute atomic E-state index is 0.178. The summed E-state index contributed by atoms with van der Waals surface area (Å²) in [5.74, 6) is 0. The van der Waals surface area contributed by atoms with Gasteiger partial charge in [0.2, 0.25) is 0 Å². The second kappa shape index (κ2) is 5.56. The first-order chi connectivity index (χ1) is 10.8. The van der Waals surface area contributed by atoms with E-state index in [-0.39, 0.29) is 12.5 Å². The van der Waals surface area contributed by atoms with E-state index < -0.39 is 23.9 Å². The van der Waals surface area contributed by atoms with Gasteiger partial charge in [0, 0.05) is 17.5 Å². The van der Waals surface area contributed by atoms with E-state index in [9.17, 15) is 23.1 Å². The van der Waals surface area contributed by atoms with Gasteiger partial charge in [-0.15, -0.1) is 0 Å². The first-order valence-electron chi connectivity index (χ1n) is 7.45. The number of pyridine rings is 1. The molecule has 0 bridgehead atoms. The van der Waals surface area contributed by atoms with Crippen LogP contribution in [0.3, 0.4) is 0 Å². The normalized spacial score (nSPS) is 23.4. The third-order valence-corrected chi connectivity index (χ3v) is 4.38. The van der Waals surface area contributed by atoms with Crippen LogP contribution in [0.5, 0.6) is 0 Å². The molecule has 1 aliphatic heterocycles. The fourth-order valence-electron chi connectivity index (χ4n) is 3.28. The van der Waals surface area contributed by atoms with E-state index in [1.165, 1.54) is 15.8 Å². The highest BCUT2D eigenvalue weighted by Gasteiger charge is 2.49. The monoisotopic (exact) mass is 326 g/mol. The molecule has 4 nitrogen and oxygen atoms in total. The lowest BCUT2D eigenvalue weighted by Crippen LogP contribution is -2.56. The molecule has 0 amide bonds. The van der Waals surface area contributed by atoms with E-state index in [0.717, 1.165) is 5.39 Å². The van der Waals surface area contributed by atoms with Crippen molar-refractivity contribution in [2.45, 2.75) is 44.1 Å². The van der Waals surface area contributed by atoms with Crippen molar-refractivity contribution in [3.63, 3.8) is 0 Å². The van der Waals surface area contributed by atoms with Gasteiger partial charge in [-0.2, -0.15) is 13.2 Å². The second-order valence-electron chi connectivity index (χ2n) is 5.90. The average molecular weight is 326 g/mol. The van der Waals surface area contributed by atoms with Crippen LogP contribution in [0.1, 0.15) is 19.8 Å². The summed E-state index contributed by atoms with van der Waals surface area (Å²) in [5.41, 5.74) is 0.130. The Labute approximate surface area is 130 Å². The van der Waals surface area contributed by atoms with Gasteiger partial charge < -0.3 is 10.1 Å². The van der Waals surface area contributed by atoms with Gasteiger partial charge in [-0.3, -0.25) is 4.79 Å². The summed E-state index contributed by atoms with van der Waals surface area (Å²) in [6.45, 7) is 1.76. The van der Waals surface area contributed by atoms with E-state index >= 15 is 0 Å². The first kappa shape index (κ1) is 15.9. The topological polar surface area (TPSA) is 45.5 Å². The average Bonchev–Trinajstić information content (AvgIpc) is 2.87. The molecule has 2 heterocycles. The number of nitrogens with zero attached hydrogens (tertiary/aromatic N) is 2. The fraction of sp³-hybridized carbons (Fsp3) is 0.438. The van der Waals surface area contributed by atoms with Crippen molar-refractivity contribution < 1.29 is 18.3 Å². The van der Waals surface area contributed by atoms with Gasteiger partial charge >= 0.3 is 6.18 Å². The van der Waals surface area contributed by atoms with Crippen molar-refractivity contribution in [3.05, 3.63) is 46.8 Å². The Morgan fingerprint density at radius 3 is 2.57 bits per heavy atom. The van der Waals surface area contributed by atoms with Gasteiger partial charge in [0.1, 0.15) is 0 Å². The van der Waals surface area contributed by atoms with Crippen molar-refractivity contribution in [2.75, 3.05) is 5.01 Å². The Bertz CT molecular complexity index is 772. The third kappa shape index (κ3) is 2.69. The van der Waals surface area contributed by atoms with E-state index in [4.69, 9.17) is 0 Å². The summed E-state index contributed by atoms with van der Waals surface area (Å²) in [5, 5.41) is 11.8. The van der Waals surface area contributed by atoms with Gasteiger partial charge in [0.25, 0.3) is 5.56 Å². The molecule has 0 spiro atoms. The predicted octanol–water partition coefficient (Wildman–Crippen LogP) is 2.41. The van der Waals surface area contributed by atoms with E-state index in [0.29, 0.717) is 11.9 Å². The molecule has 1 aromatic heterocycles. The van der Waals surface area contributed by atoms with Crippen LogP contribution >= 0.6 is 0 Å². The molecule has 7 heteroatoms. The van der Waals surface area contributed by atoms with Crippen LogP contribution in [0.25, 0.3) is 10.9 Å². The molecule has 1 aliphatic rings. The number of aliphatic hydroxyl groups excluding tert-OH is 1. The van der Waals surface area contributed by atoms with Crippen LogP contribution in [0.4, 0.5) is 13.2 Å². The Kier molecular flexibility index (Phi) is 3.83. The molecular formula is C16H17F3N2O2. The molecule has 1 fully saturated rings. The molecule has 3 atom stereocenters. The van der Waals surface area contributed by atoms with E-state index in [2.05, 4.69) is 0 Å². The molecule has 0 saturated carbocycles. The van der Waals surface area contributed by atoms with Gasteiger partial charge in [0.15, 0.2) is 6.10 Å². The molecule has 1 N–H and O–H groups in total. The lowest BCUT2D eigenvalue weighted by molar-refractivity contribution is -0.210. The smallest absolute Gasteiger partial charge is 0.382 e. The van der Waals surface area contributed by atoms with E-state index in [1.807, 2.05) is 0 Å². The molecule has 2 aromatic rings. The third-order valence-electron chi connectivity index (χ3n) is 4.38. The number of alkyl halides is 3. The Balaban J connectivity index is 2.16. The van der Waals surface area contributed by atoms with Crippen LogP contribution in [0, 0.1) is 0 Å². The van der Waals surface area contributed by atoms with Crippen molar-refractivity contribution in [1.29, 1.82) is 0 Å². The highest BCUT2D eigenvalue weighted by atomic mass is 19.4. The highest BCUT2D eigenvalue weighted by Crippen LogP contribution is 2.32. The number of benzene rings is 1. The number of para-hydroxylation sites is 1. The zero-order valence-corrected chi connectivity index (χ0v) is 12.5. The molecule has 1 aromatic carbocycles. The number of hydrogen-bond donors (Lipinski definition) is 1. The molecule has 23 heavy (non-hydrogen) atoms. The standard InChI is InChI=1S/C16H17F3N2O2/c1-10-6-8-13(15(23)16(17,18)19)20(10)21-12-5-3-2-4-11(12)7-9-14(21)22/h2-5,7,9-10,13,15,23H,6,8H2,1H3/t10-,13-,15+/m1/s1. The second-order valence-corrected chi connectivity index (χ2v) is 5.90. The molecule has 0 aliphatic carbocycles. The van der Waals surface area contributed by atoms with Gasteiger partial charge in [0.05, 0.1) is 11.6 Å². The first-order valence-corrected chi connectivity index (χ1v) is 7.45. The number of hydrogen-bond acceptors (Lipinski definition) is 3. The van der Waals surface area contributed by atoms with Gasteiger partial charge in [-0.25, -0.2) is 4.68 Å². The van der Waals surface area contributed by atoms with Crippen LogP contribution in [0.15, 0.2) is 41.2 Å². The van der Waals surface area contributed by atoms with Gasteiger partial charge in [-0.1, -0.05) is 18.2 Å². The predicted molar refractivity (Wildman–Crippen MR) is 81.0 cm³/mol. The molecule has 3 rings (SSSR count). The zero-order valence-electron chi connectivity index (χ0n) is 12.5. The van der Waals surface area contributed by atoms with Crippen molar-refractivity contribution in [1.82, 2.24) is 4.68 Å². The van der Waals surface area contributed by atoms with Crippen LogP contribution < -0.4 is 10.6 Å². The summed E-state index contributed by atoms with van der Waals surface area (Å²) < 4.78 is 40.2. The maximum Gasteiger partial charge on any atom is 0.416 e. The van der Waals surface area contributed by atoms with Crippen molar-refractivity contribution >= 4 is 10.9 Å².